The Morgan fingerprint density at radius 1 is 1.07 bits per heavy atom. The van der Waals surface area contributed by atoms with Crippen LogP contribution in [0, 0.1) is 0 Å². The lowest BCUT2D eigenvalue weighted by Gasteiger charge is -2.14. The highest BCUT2D eigenvalue weighted by molar-refractivity contribution is 7.22. The fourth-order valence-electron chi connectivity index (χ4n) is 3.13. The lowest BCUT2D eigenvalue weighted by Crippen LogP contribution is -2.28. The Balaban J connectivity index is 1.59. The third-order valence-corrected chi connectivity index (χ3v) is 5.47. The number of fused-ring (bicyclic) bond motifs is 1. The van der Waals surface area contributed by atoms with E-state index >= 15 is 0 Å². The number of hydrogen-bond acceptors (Lipinski definition) is 7. The summed E-state index contributed by atoms with van der Waals surface area (Å²) in [6.45, 7) is 0. The first-order valence-corrected chi connectivity index (χ1v) is 9.61. The molecule has 1 aromatic heterocycles. The number of nitrogens with zero attached hydrogens (tertiary/aromatic N) is 2. The van der Waals surface area contributed by atoms with E-state index in [1.165, 1.54) is 17.4 Å². The summed E-state index contributed by atoms with van der Waals surface area (Å²) in [4.78, 5) is 42.1. The van der Waals surface area contributed by atoms with Gasteiger partial charge in [0.05, 0.1) is 30.1 Å². The van der Waals surface area contributed by atoms with Crippen LogP contribution in [-0.4, -0.2) is 36.9 Å². The number of thiazole rings is 1. The lowest BCUT2D eigenvalue weighted by molar-refractivity contribution is -0.121. The van der Waals surface area contributed by atoms with E-state index in [1.54, 1.807) is 44.6 Å². The fraction of sp³-hybridized carbons (Fsp3) is 0.200. The molecule has 0 radical (unpaired) electrons. The van der Waals surface area contributed by atoms with Crippen LogP contribution in [0.15, 0.2) is 36.4 Å². The molecule has 0 saturated carbocycles. The van der Waals surface area contributed by atoms with Gasteiger partial charge in [0.2, 0.25) is 11.8 Å². The second kappa shape index (κ2) is 7.51. The molecule has 3 amide bonds. The van der Waals surface area contributed by atoms with E-state index in [9.17, 15) is 14.4 Å². The van der Waals surface area contributed by atoms with Gasteiger partial charge in [-0.25, -0.2) is 4.98 Å². The van der Waals surface area contributed by atoms with E-state index in [0.717, 1.165) is 9.60 Å². The number of nitrogens with one attached hydrogen (secondary N) is 1. The van der Waals surface area contributed by atoms with E-state index in [-0.39, 0.29) is 30.6 Å². The molecule has 9 heteroatoms. The van der Waals surface area contributed by atoms with Crippen LogP contribution in [-0.2, 0) is 9.59 Å². The maximum Gasteiger partial charge on any atom is 0.257 e. The molecule has 1 fully saturated rings. The molecule has 3 aromatic rings. The first-order valence-electron chi connectivity index (χ1n) is 8.80. The van der Waals surface area contributed by atoms with Crippen molar-refractivity contribution in [2.24, 2.45) is 0 Å². The molecule has 0 unspecified atom stereocenters. The third-order valence-electron chi connectivity index (χ3n) is 4.53. The molecule has 148 valence electrons. The minimum atomic E-state index is -0.385. The molecule has 29 heavy (non-hydrogen) atoms. The second-order valence-corrected chi connectivity index (χ2v) is 7.35. The van der Waals surface area contributed by atoms with Crippen LogP contribution in [0.2, 0.25) is 0 Å². The van der Waals surface area contributed by atoms with Crippen LogP contribution >= 0.6 is 11.3 Å². The zero-order valence-electron chi connectivity index (χ0n) is 15.7. The summed E-state index contributed by atoms with van der Waals surface area (Å²) in [5.41, 5.74) is 1.39. The Kier molecular flexibility index (Phi) is 4.89. The molecule has 1 N–H and O–H groups in total. The predicted molar refractivity (Wildman–Crippen MR) is 109 cm³/mol. The van der Waals surface area contributed by atoms with Crippen molar-refractivity contribution in [1.82, 2.24) is 4.98 Å². The summed E-state index contributed by atoms with van der Waals surface area (Å²) < 4.78 is 11.4. The monoisotopic (exact) mass is 411 g/mol. The molecule has 0 bridgehead atoms. The van der Waals surface area contributed by atoms with Gasteiger partial charge >= 0.3 is 0 Å². The van der Waals surface area contributed by atoms with Gasteiger partial charge in [-0.3, -0.25) is 24.6 Å². The third kappa shape index (κ3) is 3.52. The first-order chi connectivity index (χ1) is 14.0. The van der Waals surface area contributed by atoms with Crippen molar-refractivity contribution in [2.75, 3.05) is 24.4 Å². The number of methoxy groups -OCH3 is 2. The standard InChI is InChI=1S/C20H17N3O5S/c1-27-14-9-13-16(10-15(14)28-2)29-20(21-13)22-19(26)11-4-3-5-12(8-11)23-17(24)6-7-18(23)25/h3-5,8-10H,6-7H2,1-2H3,(H,21,22,26). The van der Waals surface area contributed by atoms with Crippen molar-refractivity contribution >= 4 is 50.1 Å². The molecule has 0 spiro atoms. The van der Waals surface area contributed by atoms with Gasteiger partial charge in [0.15, 0.2) is 16.6 Å². The average molecular weight is 411 g/mol. The van der Waals surface area contributed by atoms with Crippen molar-refractivity contribution in [3.05, 3.63) is 42.0 Å². The van der Waals surface area contributed by atoms with E-state index in [1.807, 2.05) is 0 Å². The van der Waals surface area contributed by atoms with Gasteiger partial charge in [-0.2, -0.15) is 0 Å². The van der Waals surface area contributed by atoms with Crippen molar-refractivity contribution in [2.45, 2.75) is 12.8 Å². The maximum atomic E-state index is 12.7. The Morgan fingerprint density at radius 2 is 1.76 bits per heavy atom. The molecule has 1 aliphatic heterocycles. The number of imide groups is 1. The van der Waals surface area contributed by atoms with Crippen molar-refractivity contribution < 1.29 is 23.9 Å². The zero-order valence-corrected chi connectivity index (χ0v) is 16.5. The van der Waals surface area contributed by atoms with Crippen LogP contribution in [0.25, 0.3) is 10.2 Å². The van der Waals surface area contributed by atoms with Gasteiger partial charge in [0.25, 0.3) is 5.91 Å². The van der Waals surface area contributed by atoms with E-state index in [2.05, 4.69) is 10.3 Å². The number of rotatable bonds is 5. The molecule has 0 aliphatic carbocycles. The molecule has 4 rings (SSSR count). The normalized spacial score (nSPS) is 13.8. The Labute approximate surface area is 170 Å². The Morgan fingerprint density at radius 3 is 2.45 bits per heavy atom. The van der Waals surface area contributed by atoms with Crippen LogP contribution < -0.4 is 19.7 Å². The number of benzene rings is 2. The summed E-state index contributed by atoms with van der Waals surface area (Å²) in [6, 6.07) is 9.95. The first kappa shape index (κ1) is 18.9. The number of hydrogen-bond donors (Lipinski definition) is 1. The van der Waals surface area contributed by atoms with Gasteiger partial charge < -0.3 is 9.47 Å². The Hall–Kier alpha value is -3.46. The quantitative estimate of drug-likeness (QED) is 0.648. The number of carbonyl (C=O) groups is 3. The molecule has 8 nitrogen and oxygen atoms in total. The van der Waals surface area contributed by atoms with Crippen molar-refractivity contribution in [3.8, 4) is 11.5 Å². The number of carbonyl (C=O) groups excluding carboxylic acids is 3. The molecular weight excluding hydrogens is 394 g/mol. The zero-order chi connectivity index (χ0) is 20.5. The lowest BCUT2D eigenvalue weighted by atomic mass is 10.2. The van der Waals surface area contributed by atoms with Gasteiger partial charge in [-0.1, -0.05) is 17.4 Å². The largest absolute Gasteiger partial charge is 0.493 e. The highest BCUT2D eigenvalue weighted by atomic mass is 32.1. The van der Waals surface area contributed by atoms with Gasteiger partial charge in [0.1, 0.15) is 0 Å². The number of amides is 3. The van der Waals surface area contributed by atoms with Crippen LogP contribution in [0.5, 0.6) is 11.5 Å². The summed E-state index contributed by atoms with van der Waals surface area (Å²) in [7, 11) is 3.10. The highest BCUT2D eigenvalue weighted by Crippen LogP contribution is 2.36. The number of aromatic nitrogens is 1. The van der Waals surface area contributed by atoms with Gasteiger partial charge in [0, 0.05) is 30.5 Å². The highest BCUT2D eigenvalue weighted by Gasteiger charge is 2.30. The maximum absolute atomic E-state index is 12.7. The topological polar surface area (TPSA) is 97.8 Å². The van der Waals surface area contributed by atoms with Crippen molar-refractivity contribution in [1.29, 1.82) is 0 Å². The molecule has 2 aromatic carbocycles. The summed E-state index contributed by atoms with van der Waals surface area (Å²) in [5.74, 6) is 0.220. The van der Waals surface area contributed by atoms with E-state index < -0.39 is 0 Å². The molecule has 1 aliphatic rings. The van der Waals surface area contributed by atoms with Crippen LogP contribution in [0.1, 0.15) is 23.2 Å². The predicted octanol–water partition coefficient (Wildman–Crippen LogP) is 3.22. The minimum absolute atomic E-state index is 0.188. The molecule has 2 heterocycles. The average Bonchev–Trinajstić information content (AvgIpc) is 3.27. The molecule has 1 saturated heterocycles. The fourth-order valence-corrected chi connectivity index (χ4v) is 4.00. The Bertz CT molecular complexity index is 1080. The summed E-state index contributed by atoms with van der Waals surface area (Å²) in [5, 5.41) is 3.18. The summed E-state index contributed by atoms with van der Waals surface area (Å²) >= 11 is 1.30. The molecular formula is C20H17N3O5S. The van der Waals surface area contributed by atoms with Gasteiger partial charge in [-0.15, -0.1) is 0 Å². The number of anilines is 2. The van der Waals surface area contributed by atoms with E-state index in [4.69, 9.17) is 9.47 Å². The smallest absolute Gasteiger partial charge is 0.257 e. The SMILES string of the molecule is COc1cc2nc(NC(=O)c3cccc(N4C(=O)CCC4=O)c3)sc2cc1OC. The van der Waals surface area contributed by atoms with Gasteiger partial charge in [-0.05, 0) is 18.2 Å². The molecule has 0 atom stereocenters. The minimum Gasteiger partial charge on any atom is -0.493 e. The van der Waals surface area contributed by atoms with Crippen LogP contribution in [0.4, 0.5) is 10.8 Å². The van der Waals surface area contributed by atoms with Crippen LogP contribution in [0.3, 0.4) is 0 Å². The summed E-state index contributed by atoms with van der Waals surface area (Å²) in [6.07, 6.45) is 0.377. The number of ether oxygens (including phenoxy) is 2. The second-order valence-electron chi connectivity index (χ2n) is 6.32. The van der Waals surface area contributed by atoms with Crippen molar-refractivity contribution in [3.63, 3.8) is 0 Å². The van der Waals surface area contributed by atoms with E-state index in [0.29, 0.717) is 33.4 Å².